The summed E-state index contributed by atoms with van der Waals surface area (Å²) < 4.78 is 53.0. The first kappa shape index (κ1) is 22.2. The van der Waals surface area contributed by atoms with Gasteiger partial charge in [0.1, 0.15) is 17.3 Å². The Hall–Kier alpha value is -3.47. The van der Waals surface area contributed by atoms with Crippen LogP contribution in [0.4, 0.5) is 4.39 Å². The number of aromatic nitrogens is 2. The number of aryl methyl sites for hydroxylation is 1. The molecule has 3 aromatic rings. The molecular weight excluding hydrogens is 429 g/mol. The van der Waals surface area contributed by atoms with Crippen LogP contribution in [0, 0.1) is 5.82 Å². The zero-order valence-corrected chi connectivity index (χ0v) is 17.6. The molecular formula is C20H20FN3O6S. The predicted octanol–water partition coefficient (Wildman–Crippen LogP) is 2.17. The first-order valence-corrected chi connectivity index (χ1v) is 10.8. The van der Waals surface area contributed by atoms with E-state index in [0.29, 0.717) is 17.1 Å². The van der Waals surface area contributed by atoms with E-state index in [1.165, 1.54) is 26.4 Å². The van der Waals surface area contributed by atoms with Crippen LogP contribution in [-0.4, -0.2) is 44.4 Å². The minimum absolute atomic E-state index is 0.0115. The Bertz CT molecular complexity index is 1160. The summed E-state index contributed by atoms with van der Waals surface area (Å²) in [6.07, 6.45) is -0.0692. The highest BCUT2D eigenvalue weighted by atomic mass is 32.2. The lowest BCUT2D eigenvalue weighted by molar-refractivity contribution is 0.0906. The van der Waals surface area contributed by atoms with Crippen LogP contribution in [0.1, 0.15) is 22.1 Å². The van der Waals surface area contributed by atoms with E-state index in [4.69, 9.17) is 14.0 Å². The number of carbonyl (C=O) groups excluding carboxylic acids is 1. The van der Waals surface area contributed by atoms with Crippen LogP contribution < -0.4 is 14.8 Å². The predicted molar refractivity (Wildman–Crippen MR) is 107 cm³/mol. The molecule has 1 N–H and O–H groups in total. The summed E-state index contributed by atoms with van der Waals surface area (Å²) >= 11 is 0. The number of benzene rings is 2. The van der Waals surface area contributed by atoms with Gasteiger partial charge in [-0.3, -0.25) is 4.79 Å². The molecule has 164 valence electrons. The third kappa shape index (κ3) is 5.57. The minimum atomic E-state index is -3.66. The Balaban J connectivity index is 1.60. The molecule has 0 unspecified atom stereocenters. The molecule has 0 saturated carbocycles. The largest absolute Gasteiger partial charge is 0.497 e. The average Bonchev–Trinajstić information content (AvgIpc) is 3.25. The van der Waals surface area contributed by atoms with Gasteiger partial charge >= 0.3 is 11.8 Å². The Morgan fingerprint density at radius 2 is 1.87 bits per heavy atom. The fourth-order valence-corrected chi connectivity index (χ4v) is 3.94. The number of hydrogen-bond donors (Lipinski definition) is 1. The third-order valence-corrected chi connectivity index (χ3v) is 6.09. The number of rotatable bonds is 9. The molecule has 3 rings (SSSR count). The number of ether oxygens (including phenoxy) is 2. The number of amides is 1. The summed E-state index contributed by atoms with van der Waals surface area (Å²) in [7, 11) is -0.622. The molecule has 0 fully saturated rings. The van der Waals surface area contributed by atoms with E-state index in [9.17, 15) is 17.6 Å². The van der Waals surface area contributed by atoms with Gasteiger partial charge in [0.2, 0.25) is 0 Å². The average molecular weight is 449 g/mol. The van der Waals surface area contributed by atoms with Crippen molar-refractivity contribution in [2.24, 2.45) is 0 Å². The molecule has 2 aromatic carbocycles. The first-order valence-electron chi connectivity index (χ1n) is 9.12. The van der Waals surface area contributed by atoms with Gasteiger partial charge in [0.25, 0.3) is 0 Å². The Labute approximate surface area is 178 Å². The van der Waals surface area contributed by atoms with Gasteiger partial charge in [-0.25, -0.2) is 12.8 Å². The molecule has 0 bridgehead atoms. The topological polar surface area (TPSA) is 121 Å². The van der Waals surface area contributed by atoms with Gasteiger partial charge in [-0.1, -0.05) is 5.16 Å². The van der Waals surface area contributed by atoms with Gasteiger partial charge in [0.15, 0.2) is 15.7 Å². The van der Waals surface area contributed by atoms with Crippen LogP contribution in [0.3, 0.4) is 0 Å². The quantitative estimate of drug-likeness (QED) is 0.494. The van der Waals surface area contributed by atoms with E-state index < -0.39 is 21.6 Å². The number of carbonyl (C=O) groups is 1. The van der Waals surface area contributed by atoms with Crippen LogP contribution >= 0.6 is 0 Å². The molecule has 11 heteroatoms. The number of nitrogens with one attached hydrogen (secondary N) is 1. The molecule has 0 aliphatic carbocycles. The maximum atomic E-state index is 13.0. The molecule has 1 aromatic heterocycles. The van der Waals surface area contributed by atoms with Crippen molar-refractivity contribution in [1.29, 1.82) is 0 Å². The lowest BCUT2D eigenvalue weighted by Gasteiger charge is -2.10. The highest BCUT2D eigenvalue weighted by molar-refractivity contribution is 7.91. The molecule has 0 aliphatic rings. The lowest BCUT2D eigenvalue weighted by Crippen LogP contribution is -2.23. The van der Waals surface area contributed by atoms with E-state index in [1.807, 2.05) is 0 Å². The zero-order valence-electron chi connectivity index (χ0n) is 16.8. The molecule has 1 heterocycles. The van der Waals surface area contributed by atoms with Crippen LogP contribution in [0.25, 0.3) is 0 Å². The van der Waals surface area contributed by atoms with Crippen molar-refractivity contribution < 1.29 is 31.6 Å². The summed E-state index contributed by atoms with van der Waals surface area (Å²) in [6, 6.07) is 9.68. The highest BCUT2D eigenvalue weighted by Crippen LogP contribution is 2.23. The maximum absolute atomic E-state index is 13.0. The van der Waals surface area contributed by atoms with Crippen molar-refractivity contribution in [3.8, 4) is 11.5 Å². The SMILES string of the molecule is COc1ccc(OC)c(CNC(=O)c2nc(CCS(=O)(=O)c3ccc(F)cc3)no2)c1. The summed E-state index contributed by atoms with van der Waals surface area (Å²) in [4.78, 5) is 16.2. The molecule has 0 saturated heterocycles. The fourth-order valence-electron chi connectivity index (χ4n) is 2.70. The normalized spacial score (nSPS) is 11.2. The van der Waals surface area contributed by atoms with Gasteiger partial charge in [0, 0.05) is 18.5 Å². The molecule has 1 amide bonds. The monoisotopic (exact) mass is 449 g/mol. The summed E-state index contributed by atoms with van der Waals surface area (Å²) in [5, 5.41) is 6.28. The van der Waals surface area contributed by atoms with Gasteiger partial charge in [-0.2, -0.15) is 4.98 Å². The Kier molecular flexibility index (Phi) is 6.85. The van der Waals surface area contributed by atoms with E-state index in [0.717, 1.165) is 12.1 Å². The minimum Gasteiger partial charge on any atom is -0.497 e. The second-order valence-corrected chi connectivity index (χ2v) is 8.51. The van der Waals surface area contributed by atoms with Gasteiger partial charge < -0.3 is 19.3 Å². The van der Waals surface area contributed by atoms with Crippen LogP contribution in [0.5, 0.6) is 11.5 Å². The Morgan fingerprint density at radius 1 is 1.13 bits per heavy atom. The van der Waals surface area contributed by atoms with Crippen LogP contribution in [0.2, 0.25) is 0 Å². The summed E-state index contributed by atoms with van der Waals surface area (Å²) in [5.41, 5.74) is 0.681. The van der Waals surface area contributed by atoms with Crippen molar-refractivity contribution in [2.45, 2.75) is 17.9 Å². The van der Waals surface area contributed by atoms with Crippen molar-refractivity contribution >= 4 is 15.7 Å². The molecule has 0 aliphatic heterocycles. The van der Waals surface area contributed by atoms with Crippen molar-refractivity contribution in [1.82, 2.24) is 15.5 Å². The number of methoxy groups -OCH3 is 2. The second-order valence-electron chi connectivity index (χ2n) is 6.40. The Morgan fingerprint density at radius 3 is 2.55 bits per heavy atom. The highest BCUT2D eigenvalue weighted by Gasteiger charge is 2.19. The van der Waals surface area contributed by atoms with Crippen molar-refractivity contribution in [2.75, 3.05) is 20.0 Å². The van der Waals surface area contributed by atoms with Crippen molar-refractivity contribution in [3.05, 3.63) is 65.6 Å². The number of nitrogens with zero attached hydrogens (tertiary/aromatic N) is 2. The standard InChI is InChI=1S/C20H20FN3O6S/c1-28-15-5-8-17(29-2)13(11-15)12-22-19(25)20-23-18(24-30-20)9-10-31(26,27)16-6-3-14(21)4-7-16/h3-8,11H,9-10,12H2,1-2H3,(H,22,25). The molecule has 9 nitrogen and oxygen atoms in total. The van der Waals surface area contributed by atoms with E-state index >= 15 is 0 Å². The van der Waals surface area contributed by atoms with Crippen LogP contribution in [0.15, 0.2) is 51.9 Å². The van der Waals surface area contributed by atoms with Crippen molar-refractivity contribution in [3.63, 3.8) is 0 Å². The second kappa shape index (κ2) is 9.56. The number of halogens is 1. The zero-order chi connectivity index (χ0) is 22.4. The number of hydrogen-bond acceptors (Lipinski definition) is 8. The van der Waals surface area contributed by atoms with E-state index in [-0.39, 0.29) is 35.3 Å². The van der Waals surface area contributed by atoms with E-state index in [1.54, 1.807) is 18.2 Å². The number of sulfone groups is 1. The van der Waals surface area contributed by atoms with Gasteiger partial charge in [-0.05, 0) is 42.5 Å². The molecule has 0 radical (unpaired) electrons. The fraction of sp³-hybridized carbons (Fsp3) is 0.250. The third-order valence-electron chi connectivity index (χ3n) is 4.36. The van der Waals surface area contributed by atoms with Gasteiger partial charge in [0.05, 0.1) is 24.9 Å². The summed E-state index contributed by atoms with van der Waals surface area (Å²) in [6.45, 7) is 0.121. The van der Waals surface area contributed by atoms with Crippen LogP contribution in [-0.2, 0) is 22.8 Å². The molecule has 0 atom stereocenters. The first-order chi connectivity index (χ1) is 14.8. The van der Waals surface area contributed by atoms with Gasteiger partial charge in [-0.15, -0.1) is 0 Å². The summed E-state index contributed by atoms with van der Waals surface area (Å²) in [5.74, 6) is -0.527. The van der Waals surface area contributed by atoms with E-state index in [2.05, 4.69) is 15.5 Å². The smallest absolute Gasteiger partial charge is 0.315 e. The maximum Gasteiger partial charge on any atom is 0.315 e. The lowest BCUT2D eigenvalue weighted by atomic mass is 10.2. The molecule has 0 spiro atoms. The molecule has 31 heavy (non-hydrogen) atoms.